The maximum absolute atomic E-state index is 12.2. The van der Waals surface area contributed by atoms with E-state index < -0.39 is 0 Å². The van der Waals surface area contributed by atoms with Gasteiger partial charge in [-0.15, -0.1) is 10.2 Å². The van der Waals surface area contributed by atoms with Gasteiger partial charge in [0.1, 0.15) is 0 Å². The minimum absolute atomic E-state index is 0.0772. The maximum Gasteiger partial charge on any atom is 0.250 e. The van der Waals surface area contributed by atoms with Crippen LogP contribution in [-0.4, -0.2) is 62.2 Å². The van der Waals surface area contributed by atoms with E-state index in [1.54, 1.807) is 24.2 Å². The fourth-order valence-corrected chi connectivity index (χ4v) is 3.26. The second-order valence-electron chi connectivity index (χ2n) is 5.51. The summed E-state index contributed by atoms with van der Waals surface area (Å²) < 4.78 is 8.58. The summed E-state index contributed by atoms with van der Waals surface area (Å²) in [6.45, 7) is 2.47. The van der Waals surface area contributed by atoms with Crippen molar-refractivity contribution in [3.05, 3.63) is 28.7 Å². The lowest BCUT2D eigenvalue weighted by Gasteiger charge is -2.26. The number of ether oxygens (including phenoxy) is 1. The molecular weight excluding hydrogens is 330 g/mol. The maximum atomic E-state index is 12.2. The van der Waals surface area contributed by atoms with Crippen molar-refractivity contribution in [2.24, 2.45) is 14.1 Å². The molecule has 0 saturated carbocycles. The van der Waals surface area contributed by atoms with Crippen molar-refractivity contribution < 1.29 is 9.53 Å². The van der Waals surface area contributed by atoms with Crippen LogP contribution in [0.1, 0.15) is 0 Å². The van der Waals surface area contributed by atoms with Gasteiger partial charge in [-0.25, -0.2) is 0 Å². The number of carbonyl (C=O) groups is 1. The molecule has 1 amide bonds. The van der Waals surface area contributed by atoms with Gasteiger partial charge >= 0.3 is 0 Å². The molecule has 0 aromatic carbocycles. The molecule has 9 heteroatoms. The van der Waals surface area contributed by atoms with E-state index in [0.29, 0.717) is 43.0 Å². The molecule has 2 aromatic heterocycles. The number of hydrogen-bond acceptors (Lipinski definition) is 6. The van der Waals surface area contributed by atoms with Crippen LogP contribution in [0, 0.1) is 0 Å². The van der Waals surface area contributed by atoms with Crippen LogP contribution in [-0.2, 0) is 23.6 Å². The lowest BCUT2D eigenvalue weighted by molar-refractivity contribution is -0.132. The third kappa shape index (κ3) is 3.51. The summed E-state index contributed by atoms with van der Waals surface area (Å²) in [5, 5.41) is 9.00. The fraction of sp³-hybridized carbons (Fsp3) is 0.467. The molecule has 0 spiro atoms. The van der Waals surface area contributed by atoms with Crippen LogP contribution in [0.2, 0.25) is 0 Å². The molecule has 3 heterocycles. The zero-order chi connectivity index (χ0) is 17.1. The van der Waals surface area contributed by atoms with Crippen LogP contribution in [0.5, 0.6) is 0 Å². The Labute approximate surface area is 143 Å². The summed E-state index contributed by atoms with van der Waals surface area (Å²) in [7, 11) is 3.54. The van der Waals surface area contributed by atoms with Crippen LogP contribution in [0.25, 0.3) is 11.4 Å². The summed E-state index contributed by atoms with van der Waals surface area (Å²) in [5.41, 5.74) is 0.727. The molecule has 0 unspecified atom stereocenters. The third-order valence-electron chi connectivity index (χ3n) is 3.87. The van der Waals surface area contributed by atoms with Crippen molar-refractivity contribution >= 4 is 17.7 Å². The SMILES string of the molecule is Cn1c(SCC(=O)N2CCOCC2)nnc1-c1ccc(=O)n(C)c1. The Hall–Kier alpha value is -2.13. The van der Waals surface area contributed by atoms with Crippen molar-refractivity contribution in [2.45, 2.75) is 5.16 Å². The van der Waals surface area contributed by atoms with Gasteiger partial charge in [0, 0.05) is 45.0 Å². The number of thioether (sulfide) groups is 1. The van der Waals surface area contributed by atoms with E-state index in [-0.39, 0.29) is 11.5 Å². The number of rotatable bonds is 4. The number of aryl methyl sites for hydroxylation is 1. The molecule has 0 atom stereocenters. The van der Waals surface area contributed by atoms with E-state index in [1.165, 1.54) is 22.4 Å². The number of hydrogen-bond donors (Lipinski definition) is 0. The molecule has 128 valence electrons. The summed E-state index contributed by atoms with van der Waals surface area (Å²) in [6, 6.07) is 3.22. The number of nitrogens with zero attached hydrogens (tertiary/aromatic N) is 5. The number of pyridine rings is 1. The molecule has 0 radical (unpaired) electrons. The highest BCUT2D eigenvalue weighted by Crippen LogP contribution is 2.22. The van der Waals surface area contributed by atoms with E-state index in [9.17, 15) is 9.59 Å². The van der Waals surface area contributed by atoms with Crippen molar-refractivity contribution in [1.82, 2.24) is 24.2 Å². The third-order valence-corrected chi connectivity index (χ3v) is 4.87. The lowest BCUT2D eigenvalue weighted by Crippen LogP contribution is -2.41. The Morgan fingerprint density at radius 3 is 2.71 bits per heavy atom. The summed E-state index contributed by atoms with van der Waals surface area (Å²) in [6.07, 6.45) is 1.72. The van der Waals surface area contributed by atoms with Crippen LogP contribution in [0.3, 0.4) is 0 Å². The van der Waals surface area contributed by atoms with E-state index in [0.717, 1.165) is 5.56 Å². The first kappa shape index (κ1) is 16.7. The second-order valence-corrected chi connectivity index (χ2v) is 6.46. The predicted molar refractivity (Wildman–Crippen MR) is 89.8 cm³/mol. The van der Waals surface area contributed by atoms with E-state index in [2.05, 4.69) is 10.2 Å². The van der Waals surface area contributed by atoms with Crippen LogP contribution in [0.4, 0.5) is 0 Å². The Kier molecular flexibility index (Phi) is 5.00. The van der Waals surface area contributed by atoms with Crippen molar-refractivity contribution in [3.8, 4) is 11.4 Å². The molecule has 0 aliphatic carbocycles. The molecular formula is C15H19N5O3S. The second kappa shape index (κ2) is 7.18. The highest BCUT2D eigenvalue weighted by Gasteiger charge is 2.19. The molecule has 1 aliphatic rings. The molecule has 1 saturated heterocycles. The minimum Gasteiger partial charge on any atom is -0.378 e. The van der Waals surface area contributed by atoms with Crippen LogP contribution < -0.4 is 5.56 Å². The van der Waals surface area contributed by atoms with Gasteiger partial charge in [0.25, 0.3) is 0 Å². The van der Waals surface area contributed by atoms with Gasteiger partial charge in [-0.1, -0.05) is 11.8 Å². The summed E-state index contributed by atoms with van der Waals surface area (Å²) >= 11 is 1.36. The smallest absolute Gasteiger partial charge is 0.250 e. The molecule has 8 nitrogen and oxygen atoms in total. The summed E-state index contributed by atoms with van der Waals surface area (Å²) in [5.74, 6) is 1.06. The van der Waals surface area contributed by atoms with E-state index >= 15 is 0 Å². The largest absolute Gasteiger partial charge is 0.378 e. The lowest BCUT2D eigenvalue weighted by atomic mass is 10.2. The number of morpholine rings is 1. The zero-order valence-electron chi connectivity index (χ0n) is 13.6. The monoisotopic (exact) mass is 349 g/mol. The van der Waals surface area contributed by atoms with Crippen LogP contribution in [0.15, 0.2) is 28.3 Å². The predicted octanol–water partition coefficient (Wildman–Crippen LogP) is 0.132. The zero-order valence-corrected chi connectivity index (χ0v) is 14.5. The normalized spacial score (nSPS) is 14.8. The first-order chi connectivity index (χ1) is 11.6. The van der Waals surface area contributed by atoms with Crippen molar-refractivity contribution in [3.63, 3.8) is 0 Å². The van der Waals surface area contributed by atoms with Gasteiger partial charge in [-0.3, -0.25) is 9.59 Å². The van der Waals surface area contributed by atoms with E-state index in [1.807, 2.05) is 11.6 Å². The minimum atomic E-state index is -0.0772. The first-order valence-corrected chi connectivity index (χ1v) is 8.59. The van der Waals surface area contributed by atoms with Crippen molar-refractivity contribution in [1.29, 1.82) is 0 Å². The topological polar surface area (TPSA) is 82.2 Å². The average Bonchev–Trinajstić information content (AvgIpc) is 2.97. The molecule has 1 fully saturated rings. The highest BCUT2D eigenvalue weighted by molar-refractivity contribution is 7.99. The van der Waals surface area contributed by atoms with E-state index in [4.69, 9.17) is 4.74 Å². The molecule has 2 aromatic rings. The molecule has 0 bridgehead atoms. The Morgan fingerprint density at radius 1 is 1.25 bits per heavy atom. The number of aromatic nitrogens is 4. The standard InChI is InChI=1S/C15H19N5O3S/c1-18-9-11(3-4-12(18)21)14-16-17-15(19(14)2)24-10-13(22)20-5-7-23-8-6-20/h3-4,9H,5-8,10H2,1-2H3. The Morgan fingerprint density at radius 2 is 2.00 bits per heavy atom. The van der Waals surface area contributed by atoms with Crippen molar-refractivity contribution in [2.75, 3.05) is 32.1 Å². The van der Waals surface area contributed by atoms with Gasteiger partial charge in [-0.05, 0) is 6.07 Å². The fourth-order valence-electron chi connectivity index (χ4n) is 2.45. The number of amides is 1. The molecule has 3 rings (SSSR count). The number of carbonyl (C=O) groups excluding carboxylic acids is 1. The average molecular weight is 349 g/mol. The van der Waals surface area contributed by atoms with Crippen LogP contribution >= 0.6 is 11.8 Å². The van der Waals surface area contributed by atoms with Gasteiger partial charge in [0.15, 0.2) is 11.0 Å². The molecule has 24 heavy (non-hydrogen) atoms. The quantitative estimate of drug-likeness (QED) is 0.730. The van der Waals surface area contributed by atoms with Gasteiger partial charge in [0.2, 0.25) is 11.5 Å². The van der Waals surface area contributed by atoms with Gasteiger partial charge < -0.3 is 18.8 Å². The highest BCUT2D eigenvalue weighted by atomic mass is 32.2. The van der Waals surface area contributed by atoms with Gasteiger partial charge in [0.05, 0.1) is 19.0 Å². The summed E-state index contributed by atoms with van der Waals surface area (Å²) in [4.78, 5) is 25.5. The van der Waals surface area contributed by atoms with Gasteiger partial charge in [-0.2, -0.15) is 0 Å². The Bertz CT molecular complexity index is 795. The first-order valence-electron chi connectivity index (χ1n) is 7.61. The Balaban J connectivity index is 1.69. The molecule has 1 aliphatic heterocycles. The molecule has 0 N–H and O–H groups in total.